The van der Waals surface area contributed by atoms with Crippen LogP contribution in [0.25, 0.3) is 0 Å². The van der Waals surface area contributed by atoms with Gasteiger partial charge in [0, 0.05) is 4.47 Å². The molecule has 0 atom stereocenters. The molecule has 1 N–H and O–H groups in total. The normalized spacial score (nSPS) is 18.0. The van der Waals surface area contributed by atoms with Crippen LogP contribution < -0.4 is 10.1 Å². The number of hydrogen-bond acceptors (Lipinski definition) is 2. The average molecular weight is 256 g/mol. The predicted molar refractivity (Wildman–Crippen MR) is 62.1 cm³/mol. The molecule has 0 amide bonds. The van der Waals surface area contributed by atoms with Crippen molar-refractivity contribution in [2.24, 2.45) is 0 Å². The van der Waals surface area contributed by atoms with E-state index in [4.69, 9.17) is 4.74 Å². The van der Waals surface area contributed by atoms with E-state index in [0.717, 1.165) is 28.0 Å². The number of rotatable bonds is 0. The van der Waals surface area contributed by atoms with Crippen LogP contribution in [0.1, 0.15) is 19.4 Å². The molecule has 0 bridgehead atoms. The molecule has 3 heteroatoms. The fourth-order valence-corrected chi connectivity index (χ4v) is 2.19. The number of fused-ring (bicyclic) bond motifs is 1. The summed E-state index contributed by atoms with van der Waals surface area (Å²) in [7, 11) is 0. The lowest BCUT2D eigenvalue weighted by molar-refractivity contribution is 0.115. The van der Waals surface area contributed by atoms with Gasteiger partial charge in [0.25, 0.3) is 0 Å². The van der Waals surface area contributed by atoms with Crippen molar-refractivity contribution >= 4 is 21.6 Å². The van der Waals surface area contributed by atoms with Crippen LogP contribution in [0, 0.1) is 6.92 Å². The van der Waals surface area contributed by atoms with Gasteiger partial charge in [-0.15, -0.1) is 0 Å². The molecule has 0 saturated heterocycles. The molecule has 76 valence electrons. The van der Waals surface area contributed by atoms with Gasteiger partial charge in [0.1, 0.15) is 11.4 Å². The van der Waals surface area contributed by atoms with E-state index >= 15 is 0 Å². The highest BCUT2D eigenvalue weighted by Gasteiger charge is 2.27. The highest BCUT2D eigenvalue weighted by Crippen LogP contribution is 2.37. The minimum atomic E-state index is -0.119. The molecule has 0 saturated carbocycles. The second-order valence-corrected chi connectivity index (χ2v) is 5.23. The SMILES string of the molecule is Cc1cc(Br)cc2c1OC(C)(C)CN2. The Hall–Kier alpha value is -0.700. The second-order valence-electron chi connectivity index (χ2n) is 4.31. The summed E-state index contributed by atoms with van der Waals surface area (Å²) in [5.41, 5.74) is 2.12. The topological polar surface area (TPSA) is 21.3 Å². The zero-order valence-corrected chi connectivity index (χ0v) is 10.2. The number of benzene rings is 1. The van der Waals surface area contributed by atoms with E-state index in [1.807, 2.05) is 0 Å². The van der Waals surface area contributed by atoms with Gasteiger partial charge >= 0.3 is 0 Å². The number of anilines is 1. The Balaban J connectivity index is 2.47. The van der Waals surface area contributed by atoms with Gasteiger partial charge < -0.3 is 10.1 Å². The van der Waals surface area contributed by atoms with E-state index < -0.39 is 0 Å². The van der Waals surface area contributed by atoms with Crippen LogP contribution >= 0.6 is 15.9 Å². The largest absolute Gasteiger partial charge is 0.484 e. The Bertz CT molecular complexity index is 374. The Morgan fingerprint density at radius 3 is 2.86 bits per heavy atom. The summed E-state index contributed by atoms with van der Waals surface area (Å²) in [5, 5.41) is 3.38. The van der Waals surface area contributed by atoms with E-state index in [9.17, 15) is 0 Å². The molecule has 2 nitrogen and oxygen atoms in total. The monoisotopic (exact) mass is 255 g/mol. The summed E-state index contributed by atoms with van der Waals surface area (Å²) in [6.45, 7) is 7.08. The lowest BCUT2D eigenvalue weighted by Crippen LogP contribution is -2.40. The van der Waals surface area contributed by atoms with Crippen LogP contribution in [0.4, 0.5) is 5.69 Å². The molecule has 1 aromatic rings. The Kier molecular flexibility index (Phi) is 2.22. The van der Waals surface area contributed by atoms with E-state index in [0.29, 0.717) is 0 Å². The third-order valence-corrected chi connectivity index (χ3v) is 2.78. The van der Waals surface area contributed by atoms with Gasteiger partial charge in [-0.1, -0.05) is 15.9 Å². The minimum Gasteiger partial charge on any atom is -0.484 e. The molecule has 1 aliphatic heterocycles. The number of halogens is 1. The van der Waals surface area contributed by atoms with Crippen LogP contribution in [0.5, 0.6) is 5.75 Å². The average Bonchev–Trinajstić information content (AvgIpc) is 2.06. The van der Waals surface area contributed by atoms with Crippen LogP contribution in [0.3, 0.4) is 0 Å². The zero-order valence-electron chi connectivity index (χ0n) is 8.65. The summed E-state index contributed by atoms with van der Waals surface area (Å²) in [4.78, 5) is 0. The summed E-state index contributed by atoms with van der Waals surface area (Å²) in [6, 6.07) is 4.12. The fourth-order valence-electron chi connectivity index (χ4n) is 1.62. The molecular weight excluding hydrogens is 242 g/mol. The lowest BCUT2D eigenvalue weighted by atomic mass is 10.1. The molecule has 1 heterocycles. The number of nitrogens with one attached hydrogen (secondary N) is 1. The minimum absolute atomic E-state index is 0.119. The van der Waals surface area contributed by atoms with Gasteiger partial charge in [0.15, 0.2) is 0 Å². The van der Waals surface area contributed by atoms with Gasteiger partial charge in [0.05, 0.1) is 12.2 Å². The van der Waals surface area contributed by atoms with Crippen molar-refractivity contribution in [3.63, 3.8) is 0 Å². The molecule has 2 rings (SSSR count). The van der Waals surface area contributed by atoms with Gasteiger partial charge in [-0.3, -0.25) is 0 Å². The van der Waals surface area contributed by atoms with Crippen LogP contribution in [0.15, 0.2) is 16.6 Å². The molecule has 0 aromatic heterocycles. The standard InChI is InChI=1S/C11H14BrNO/c1-7-4-8(12)5-9-10(7)14-11(2,3)6-13-9/h4-5,13H,6H2,1-3H3. The van der Waals surface area contributed by atoms with Crippen molar-refractivity contribution in [3.8, 4) is 5.75 Å². The van der Waals surface area contributed by atoms with Crippen molar-refractivity contribution in [1.82, 2.24) is 0 Å². The maximum absolute atomic E-state index is 5.92. The molecule has 1 aliphatic rings. The van der Waals surface area contributed by atoms with Gasteiger partial charge in [0.2, 0.25) is 0 Å². The molecule has 0 unspecified atom stereocenters. The first-order chi connectivity index (χ1) is 6.48. The first kappa shape index (κ1) is 9.84. The Morgan fingerprint density at radius 2 is 2.14 bits per heavy atom. The smallest absolute Gasteiger partial charge is 0.146 e. The van der Waals surface area contributed by atoms with Gasteiger partial charge in [-0.2, -0.15) is 0 Å². The molecule has 1 aromatic carbocycles. The highest BCUT2D eigenvalue weighted by molar-refractivity contribution is 9.10. The lowest BCUT2D eigenvalue weighted by Gasteiger charge is -2.34. The van der Waals surface area contributed by atoms with Crippen molar-refractivity contribution in [3.05, 3.63) is 22.2 Å². The van der Waals surface area contributed by atoms with E-state index in [1.165, 1.54) is 0 Å². The van der Waals surface area contributed by atoms with Crippen LogP contribution in [-0.4, -0.2) is 12.1 Å². The van der Waals surface area contributed by atoms with Crippen molar-refractivity contribution in [2.45, 2.75) is 26.4 Å². The molecule has 0 aliphatic carbocycles. The highest BCUT2D eigenvalue weighted by atomic mass is 79.9. The third kappa shape index (κ3) is 1.73. The number of aryl methyl sites for hydroxylation is 1. The molecular formula is C11H14BrNO. The molecule has 0 radical (unpaired) electrons. The molecule has 0 spiro atoms. The summed E-state index contributed by atoms with van der Waals surface area (Å²) in [6.07, 6.45) is 0. The first-order valence-corrected chi connectivity index (χ1v) is 5.50. The first-order valence-electron chi connectivity index (χ1n) is 4.71. The summed E-state index contributed by atoms with van der Waals surface area (Å²) < 4.78 is 7.01. The maximum Gasteiger partial charge on any atom is 0.146 e. The summed E-state index contributed by atoms with van der Waals surface area (Å²) in [5.74, 6) is 0.976. The number of ether oxygens (including phenoxy) is 1. The zero-order chi connectivity index (χ0) is 10.3. The fraction of sp³-hybridized carbons (Fsp3) is 0.455. The molecule has 14 heavy (non-hydrogen) atoms. The van der Waals surface area contributed by atoms with Crippen molar-refractivity contribution in [1.29, 1.82) is 0 Å². The summed E-state index contributed by atoms with van der Waals surface area (Å²) >= 11 is 3.47. The van der Waals surface area contributed by atoms with Crippen LogP contribution in [0.2, 0.25) is 0 Å². The molecule has 0 fully saturated rings. The number of hydrogen-bond donors (Lipinski definition) is 1. The van der Waals surface area contributed by atoms with E-state index in [2.05, 4.69) is 54.2 Å². The second kappa shape index (κ2) is 3.16. The Morgan fingerprint density at radius 1 is 1.43 bits per heavy atom. The predicted octanol–water partition coefficient (Wildman–Crippen LogP) is 3.34. The third-order valence-electron chi connectivity index (χ3n) is 2.32. The van der Waals surface area contributed by atoms with Gasteiger partial charge in [-0.25, -0.2) is 0 Å². The maximum atomic E-state index is 5.92. The van der Waals surface area contributed by atoms with Crippen molar-refractivity contribution in [2.75, 3.05) is 11.9 Å². The quantitative estimate of drug-likeness (QED) is 0.768. The van der Waals surface area contributed by atoms with Crippen LogP contribution in [-0.2, 0) is 0 Å². The van der Waals surface area contributed by atoms with Gasteiger partial charge in [-0.05, 0) is 38.5 Å². The van der Waals surface area contributed by atoms with Crippen molar-refractivity contribution < 1.29 is 4.74 Å². The Labute approximate surface area is 92.8 Å². The van der Waals surface area contributed by atoms with E-state index in [1.54, 1.807) is 0 Å². The van der Waals surface area contributed by atoms with E-state index in [-0.39, 0.29) is 5.60 Å².